The first-order chi connectivity index (χ1) is 3.41. The van der Waals surface area contributed by atoms with Gasteiger partial charge in [0.25, 0.3) is 0 Å². The molecule has 0 aromatic heterocycles. The van der Waals surface area contributed by atoms with Gasteiger partial charge in [0.2, 0.25) is 0 Å². The molecule has 0 bridgehead atoms. The van der Waals surface area contributed by atoms with E-state index < -0.39 is 0 Å². The Morgan fingerprint density at radius 3 is 2.57 bits per heavy atom. The lowest BCUT2D eigenvalue weighted by atomic mass is 10.3. The number of halogens is 1. The number of hydrogen-bond donors (Lipinski definition) is 0. The molecule has 0 aromatic rings. The highest BCUT2D eigenvalue weighted by Crippen LogP contribution is 1.95. The van der Waals surface area contributed by atoms with Crippen molar-refractivity contribution in [2.45, 2.75) is 19.3 Å². The first-order valence-corrected chi connectivity index (χ1v) is 3.49. The van der Waals surface area contributed by atoms with E-state index in [0.29, 0.717) is 0 Å². The van der Waals surface area contributed by atoms with Crippen molar-refractivity contribution >= 4 is 15.9 Å². The van der Waals surface area contributed by atoms with Gasteiger partial charge in [0.05, 0.1) is 0 Å². The fourth-order valence-corrected chi connectivity index (χ4v) is 0.704. The van der Waals surface area contributed by atoms with Gasteiger partial charge < -0.3 is 0 Å². The maximum absolute atomic E-state index is 6.52. The van der Waals surface area contributed by atoms with Crippen LogP contribution >= 0.6 is 15.9 Å². The van der Waals surface area contributed by atoms with Crippen LogP contribution in [0.15, 0.2) is 0 Å². The third-order valence-corrected chi connectivity index (χ3v) is 1.25. The van der Waals surface area contributed by atoms with Gasteiger partial charge in [0.1, 0.15) is 0 Å². The monoisotopic (exact) mass is 159 g/mol. The van der Waals surface area contributed by atoms with Gasteiger partial charge in [0, 0.05) is 11.8 Å². The summed E-state index contributed by atoms with van der Waals surface area (Å²) in [5.41, 5.74) is 0. The van der Waals surface area contributed by atoms with Crippen molar-refractivity contribution in [3.63, 3.8) is 0 Å². The molecule has 0 fully saturated rings. The average molecular weight is 160 g/mol. The quantitative estimate of drug-likeness (QED) is 0.337. The topological polar surface area (TPSA) is 0 Å². The van der Waals surface area contributed by atoms with Crippen molar-refractivity contribution in [1.29, 1.82) is 0 Å². The molecule has 1 heteroatoms. The summed E-state index contributed by atoms with van der Waals surface area (Å²) in [5, 5.41) is 1.05. The van der Waals surface area contributed by atoms with Crippen molar-refractivity contribution in [3.8, 4) is 5.92 Å². The highest BCUT2D eigenvalue weighted by Gasteiger charge is 1.79. The van der Waals surface area contributed by atoms with Crippen LogP contribution in [-0.4, -0.2) is 5.33 Å². The van der Waals surface area contributed by atoms with Crippen LogP contribution in [0.1, 0.15) is 19.3 Å². The number of hydrogen-bond acceptors (Lipinski definition) is 0. The molecule has 0 aliphatic heterocycles. The summed E-state index contributed by atoms with van der Waals surface area (Å²) in [7, 11) is 0. The number of unbranched alkanes of at least 4 members (excludes halogenated alkanes) is 2. The van der Waals surface area contributed by atoms with Crippen LogP contribution in [0, 0.1) is 12.3 Å². The van der Waals surface area contributed by atoms with Crippen molar-refractivity contribution < 1.29 is 0 Å². The zero-order valence-electron chi connectivity index (χ0n) is 4.21. The van der Waals surface area contributed by atoms with E-state index >= 15 is 0 Å². The molecule has 39 valence electrons. The standard InChI is InChI=1S/C6H8Br/c1-2-3-4-5-6-7/h3-6H2. The molecule has 7 heavy (non-hydrogen) atoms. The molecule has 0 spiro atoms. The Morgan fingerprint density at radius 1 is 1.43 bits per heavy atom. The van der Waals surface area contributed by atoms with Gasteiger partial charge >= 0.3 is 0 Å². The zero-order valence-corrected chi connectivity index (χ0v) is 5.79. The Kier molecular flexibility index (Phi) is 6.07. The van der Waals surface area contributed by atoms with E-state index in [4.69, 9.17) is 6.42 Å². The van der Waals surface area contributed by atoms with Crippen LogP contribution < -0.4 is 0 Å². The van der Waals surface area contributed by atoms with Crippen LogP contribution in [0.25, 0.3) is 0 Å². The molecule has 0 saturated heterocycles. The van der Waals surface area contributed by atoms with E-state index in [9.17, 15) is 0 Å². The SMILES string of the molecule is [C]#CCCCCBr. The molecule has 0 unspecified atom stereocenters. The largest absolute Gasteiger partial charge is 0.0928 e. The predicted molar refractivity (Wildman–Crippen MR) is 34.8 cm³/mol. The molecular weight excluding hydrogens is 152 g/mol. The van der Waals surface area contributed by atoms with E-state index in [1.807, 2.05) is 0 Å². The average Bonchev–Trinajstić information content (AvgIpc) is 1.69. The Balaban J connectivity index is 2.60. The molecule has 0 atom stereocenters. The maximum atomic E-state index is 6.52. The summed E-state index contributed by atoms with van der Waals surface area (Å²) in [6, 6.07) is 0. The van der Waals surface area contributed by atoms with E-state index in [-0.39, 0.29) is 0 Å². The molecule has 0 saturated carbocycles. The van der Waals surface area contributed by atoms with Crippen molar-refractivity contribution in [2.24, 2.45) is 0 Å². The fraction of sp³-hybridized carbons (Fsp3) is 0.667. The molecule has 0 aliphatic rings. The third kappa shape index (κ3) is 6.04. The van der Waals surface area contributed by atoms with E-state index in [1.165, 1.54) is 0 Å². The third-order valence-electron chi connectivity index (χ3n) is 0.685. The Bertz CT molecular complexity index is 61.1. The smallest absolute Gasteiger partial charge is 0.00992 e. The second-order valence-electron chi connectivity index (χ2n) is 1.32. The van der Waals surface area contributed by atoms with Gasteiger partial charge in [-0.2, -0.15) is 0 Å². The Hall–Kier alpha value is 0.0400. The van der Waals surface area contributed by atoms with Crippen molar-refractivity contribution in [2.75, 3.05) is 5.33 Å². The molecular formula is C6H8Br. The fourth-order valence-electron chi connectivity index (χ4n) is 0.308. The summed E-state index contributed by atoms with van der Waals surface area (Å²) in [4.78, 5) is 0. The summed E-state index contributed by atoms with van der Waals surface area (Å²) >= 11 is 3.29. The molecule has 0 rings (SSSR count). The first kappa shape index (κ1) is 7.04. The molecule has 0 nitrogen and oxygen atoms in total. The second kappa shape index (κ2) is 6.04. The van der Waals surface area contributed by atoms with Gasteiger partial charge in [-0.25, -0.2) is 0 Å². The molecule has 1 radical (unpaired) electrons. The van der Waals surface area contributed by atoms with Crippen LogP contribution in [0.4, 0.5) is 0 Å². The highest BCUT2D eigenvalue weighted by atomic mass is 79.9. The number of rotatable bonds is 3. The first-order valence-electron chi connectivity index (χ1n) is 2.37. The van der Waals surface area contributed by atoms with Gasteiger partial charge in [-0.15, -0.1) is 0 Å². The van der Waals surface area contributed by atoms with Gasteiger partial charge in [-0.05, 0) is 19.3 Å². The van der Waals surface area contributed by atoms with Crippen molar-refractivity contribution in [3.05, 3.63) is 6.42 Å². The highest BCUT2D eigenvalue weighted by molar-refractivity contribution is 9.09. The summed E-state index contributed by atoms with van der Waals surface area (Å²) < 4.78 is 0. The lowest BCUT2D eigenvalue weighted by Gasteiger charge is -1.84. The summed E-state index contributed by atoms with van der Waals surface area (Å²) in [5.74, 6) is 2.33. The van der Waals surface area contributed by atoms with Crippen LogP contribution in [-0.2, 0) is 0 Å². The second-order valence-corrected chi connectivity index (χ2v) is 2.12. The molecule has 0 N–H and O–H groups in total. The van der Waals surface area contributed by atoms with Crippen molar-refractivity contribution in [1.82, 2.24) is 0 Å². The Morgan fingerprint density at radius 2 is 2.14 bits per heavy atom. The lowest BCUT2D eigenvalue weighted by molar-refractivity contribution is 0.840. The maximum Gasteiger partial charge on any atom is 0.00992 e. The normalized spacial score (nSPS) is 8.00. The van der Waals surface area contributed by atoms with Crippen LogP contribution in [0.3, 0.4) is 0 Å². The molecule has 0 aliphatic carbocycles. The van der Waals surface area contributed by atoms with E-state index in [0.717, 1.165) is 24.6 Å². The minimum Gasteiger partial charge on any atom is -0.0928 e. The Labute approximate surface area is 53.4 Å². The molecule has 0 heterocycles. The lowest BCUT2D eigenvalue weighted by Crippen LogP contribution is -1.72. The van der Waals surface area contributed by atoms with Gasteiger partial charge in [-0.1, -0.05) is 21.9 Å². The number of alkyl halides is 1. The van der Waals surface area contributed by atoms with E-state index in [1.54, 1.807) is 0 Å². The van der Waals surface area contributed by atoms with Gasteiger partial charge in [-0.3, -0.25) is 0 Å². The minimum absolute atomic E-state index is 0.811. The van der Waals surface area contributed by atoms with E-state index in [2.05, 4.69) is 21.9 Å². The minimum atomic E-state index is 0.811. The summed E-state index contributed by atoms with van der Waals surface area (Å²) in [6.07, 6.45) is 9.58. The zero-order chi connectivity index (χ0) is 5.54. The van der Waals surface area contributed by atoms with Crippen LogP contribution in [0.5, 0.6) is 0 Å². The predicted octanol–water partition coefficient (Wildman–Crippen LogP) is 2.14. The summed E-state index contributed by atoms with van der Waals surface area (Å²) in [6.45, 7) is 0. The van der Waals surface area contributed by atoms with Crippen LogP contribution in [0.2, 0.25) is 0 Å². The molecule has 0 amide bonds. The molecule has 0 aromatic carbocycles. The van der Waals surface area contributed by atoms with Gasteiger partial charge in [0.15, 0.2) is 0 Å².